The second-order valence-corrected chi connectivity index (χ2v) is 5.21. The molecular formula is C14H23N3O. The molecule has 1 aliphatic rings. The fourth-order valence-corrected chi connectivity index (χ4v) is 2.54. The number of nitrogens with zero attached hydrogens (tertiary/aromatic N) is 2. The normalized spacial score (nSPS) is 20.6. The molecule has 0 radical (unpaired) electrons. The summed E-state index contributed by atoms with van der Waals surface area (Å²) in [4.78, 5) is 4.76. The summed E-state index contributed by atoms with van der Waals surface area (Å²) in [6.07, 6.45) is 1.23. The highest BCUT2D eigenvalue weighted by Crippen LogP contribution is 2.24. The highest BCUT2D eigenvalue weighted by molar-refractivity contribution is 5.47. The fourth-order valence-electron chi connectivity index (χ4n) is 2.54. The first-order chi connectivity index (χ1) is 8.60. The molecule has 1 aliphatic heterocycles. The van der Waals surface area contributed by atoms with Crippen molar-refractivity contribution in [2.75, 3.05) is 40.0 Å². The largest absolute Gasteiger partial charge is 0.496 e. The van der Waals surface area contributed by atoms with Crippen LogP contribution in [0, 0.1) is 0 Å². The van der Waals surface area contributed by atoms with Crippen molar-refractivity contribution in [2.24, 2.45) is 0 Å². The van der Waals surface area contributed by atoms with Crippen molar-refractivity contribution in [3.05, 3.63) is 23.8 Å². The highest BCUT2D eigenvalue weighted by atomic mass is 16.5. The van der Waals surface area contributed by atoms with Crippen molar-refractivity contribution in [1.29, 1.82) is 0 Å². The van der Waals surface area contributed by atoms with Crippen LogP contribution in [0.5, 0.6) is 5.75 Å². The highest BCUT2D eigenvalue weighted by Gasteiger charge is 2.24. The minimum atomic E-state index is 0.664. The Hall–Kier alpha value is -1.26. The first-order valence-electron chi connectivity index (χ1n) is 6.41. The quantitative estimate of drug-likeness (QED) is 0.819. The predicted molar refractivity (Wildman–Crippen MR) is 74.8 cm³/mol. The lowest BCUT2D eigenvalue weighted by molar-refractivity contribution is 0.262. The smallest absolute Gasteiger partial charge is 0.123 e. The number of rotatable bonds is 4. The maximum Gasteiger partial charge on any atom is 0.123 e. The van der Waals surface area contributed by atoms with Crippen molar-refractivity contribution in [3.8, 4) is 5.75 Å². The van der Waals surface area contributed by atoms with E-state index in [1.165, 1.54) is 12.0 Å². The monoisotopic (exact) mass is 249 g/mol. The van der Waals surface area contributed by atoms with Gasteiger partial charge in [0.2, 0.25) is 0 Å². The first kappa shape index (κ1) is 13.2. The van der Waals surface area contributed by atoms with Crippen molar-refractivity contribution >= 4 is 5.69 Å². The van der Waals surface area contributed by atoms with E-state index in [1.807, 2.05) is 18.2 Å². The number of methoxy groups -OCH3 is 1. The van der Waals surface area contributed by atoms with Crippen LogP contribution < -0.4 is 10.5 Å². The Morgan fingerprint density at radius 3 is 2.83 bits per heavy atom. The molecule has 0 aliphatic carbocycles. The summed E-state index contributed by atoms with van der Waals surface area (Å²) in [5, 5.41) is 0. The Bertz CT molecular complexity index is 406. The number of likely N-dealkylation sites (N-methyl/N-ethyl adjacent to an activating group) is 1. The fraction of sp³-hybridized carbons (Fsp3) is 0.571. The van der Waals surface area contributed by atoms with Crippen LogP contribution in [-0.2, 0) is 6.54 Å². The molecule has 1 saturated heterocycles. The zero-order valence-electron chi connectivity index (χ0n) is 11.5. The molecule has 0 bridgehead atoms. The van der Waals surface area contributed by atoms with E-state index in [0.29, 0.717) is 6.04 Å². The van der Waals surface area contributed by atoms with E-state index in [-0.39, 0.29) is 0 Å². The number of benzene rings is 1. The summed E-state index contributed by atoms with van der Waals surface area (Å²) in [5.74, 6) is 0.928. The third kappa shape index (κ3) is 2.94. The standard InChI is InChI=1S/C14H23N3O/c1-16(2)13-6-7-17(10-13)9-11-8-12(15)4-5-14(11)18-3/h4-5,8,13H,6-7,9-10,15H2,1-3H3. The van der Waals surface area contributed by atoms with E-state index >= 15 is 0 Å². The van der Waals surface area contributed by atoms with Crippen molar-refractivity contribution in [1.82, 2.24) is 9.80 Å². The number of anilines is 1. The van der Waals surface area contributed by atoms with E-state index in [0.717, 1.165) is 31.1 Å². The van der Waals surface area contributed by atoms with Crippen LogP contribution >= 0.6 is 0 Å². The van der Waals surface area contributed by atoms with Crippen molar-refractivity contribution in [3.63, 3.8) is 0 Å². The molecule has 1 heterocycles. The van der Waals surface area contributed by atoms with Gasteiger partial charge in [-0.1, -0.05) is 0 Å². The van der Waals surface area contributed by atoms with Crippen LogP contribution in [0.2, 0.25) is 0 Å². The predicted octanol–water partition coefficient (Wildman–Crippen LogP) is 1.41. The maximum absolute atomic E-state index is 5.85. The van der Waals surface area contributed by atoms with E-state index < -0.39 is 0 Å². The lowest BCUT2D eigenvalue weighted by atomic mass is 10.1. The molecule has 4 nitrogen and oxygen atoms in total. The van der Waals surface area contributed by atoms with Gasteiger partial charge in [-0.15, -0.1) is 0 Å². The molecule has 100 valence electrons. The average molecular weight is 249 g/mol. The van der Waals surface area contributed by atoms with Gasteiger partial charge < -0.3 is 15.4 Å². The molecule has 0 saturated carbocycles. The summed E-state index contributed by atoms with van der Waals surface area (Å²) in [6.45, 7) is 3.17. The Morgan fingerprint density at radius 1 is 1.44 bits per heavy atom. The zero-order chi connectivity index (χ0) is 13.1. The van der Waals surface area contributed by atoms with Crippen molar-refractivity contribution in [2.45, 2.75) is 19.0 Å². The molecule has 2 N–H and O–H groups in total. The molecule has 0 amide bonds. The van der Waals surface area contributed by atoms with Crippen LogP contribution in [0.1, 0.15) is 12.0 Å². The summed E-state index contributed by atoms with van der Waals surface area (Å²) in [6, 6.07) is 6.51. The molecular weight excluding hydrogens is 226 g/mol. The second-order valence-electron chi connectivity index (χ2n) is 5.21. The summed E-state index contributed by atoms with van der Waals surface area (Å²) >= 11 is 0. The number of hydrogen-bond donors (Lipinski definition) is 1. The Kier molecular flexibility index (Phi) is 4.09. The zero-order valence-corrected chi connectivity index (χ0v) is 11.5. The van der Waals surface area contributed by atoms with Crippen LogP contribution in [0.15, 0.2) is 18.2 Å². The third-order valence-corrected chi connectivity index (χ3v) is 3.68. The molecule has 1 fully saturated rings. The van der Waals surface area contributed by atoms with Gasteiger partial charge in [-0.3, -0.25) is 4.90 Å². The summed E-state index contributed by atoms with van der Waals surface area (Å²) in [5.41, 5.74) is 7.83. The number of likely N-dealkylation sites (tertiary alicyclic amines) is 1. The number of hydrogen-bond acceptors (Lipinski definition) is 4. The van der Waals surface area contributed by atoms with E-state index in [1.54, 1.807) is 7.11 Å². The summed E-state index contributed by atoms with van der Waals surface area (Å²) in [7, 11) is 6.01. The van der Waals surface area contributed by atoms with Gasteiger partial charge in [0.15, 0.2) is 0 Å². The lowest BCUT2D eigenvalue weighted by Crippen LogP contribution is -2.31. The van der Waals surface area contributed by atoms with Gasteiger partial charge in [-0.2, -0.15) is 0 Å². The number of nitrogen functional groups attached to an aromatic ring is 1. The summed E-state index contributed by atoms with van der Waals surface area (Å²) < 4.78 is 5.39. The van der Waals surface area contributed by atoms with Crippen LogP contribution in [0.25, 0.3) is 0 Å². The SMILES string of the molecule is COc1ccc(N)cc1CN1CCC(N(C)C)C1. The van der Waals surface area contributed by atoms with Gasteiger partial charge in [-0.05, 0) is 38.7 Å². The Balaban J connectivity index is 2.04. The van der Waals surface area contributed by atoms with Crippen LogP contribution in [0.4, 0.5) is 5.69 Å². The van der Waals surface area contributed by atoms with Crippen LogP contribution in [-0.4, -0.2) is 50.1 Å². The topological polar surface area (TPSA) is 41.7 Å². The molecule has 1 aromatic rings. The molecule has 2 rings (SSSR count). The maximum atomic E-state index is 5.85. The van der Waals surface area contributed by atoms with Crippen LogP contribution in [0.3, 0.4) is 0 Å². The molecule has 0 spiro atoms. The van der Waals surface area contributed by atoms with E-state index in [9.17, 15) is 0 Å². The van der Waals surface area contributed by atoms with Gasteiger partial charge in [0, 0.05) is 36.9 Å². The van der Waals surface area contributed by atoms with Gasteiger partial charge >= 0.3 is 0 Å². The van der Waals surface area contributed by atoms with Gasteiger partial charge in [-0.25, -0.2) is 0 Å². The first-order valence-corrected chi connectivity index (χ1v) is 6.41. The molecule has 1 atom stereocenters. The minimum absolute atomic E-state index is 0.664. The Labute approximate surface area is 109 Å². The Morgan fingerprint density at radius 2 is 2.22 bits per heavy atom. The van der Waals surface area contributed by atoms with Gasteiger partial charge in [0.25, 0.3) is 0 Å². The van der Waals surface area contributed by atoms with Gasteiger partial charge in [0.1, 0.15) is 5.75 Å². The molecule has 0 aromatic heterocycles. The van der Waals surface area contributed by atoms with Crippen molar-refractivity contribution < 1.29 is 4.74 Å². The average Bonchev–Trinajstić information content (AvgIpc) is 2.78. The molecule has 1 aromatic carbocycles. The second kappa shape index (κ2) is 5.59. The molecule has 4 heteroatoms. The molecule has 18 heavy (non-hydrogen) atoms. The van der Waals surface area contributed by atoms with E-state index in [2.05, 4.69) is 23.9 Å². The lowest BCUT2D eigenvalue weighted by Gasteiger charge is -2.21. The number of ether oxygens (including phenoxy) is 1. The number of nitrogens with two attached hydrogens (primary N) is 1. The van der Waals surface area contributed by atoms with E-state index in [4.69, 9.17) is 10.5 Å². The third-order valence-electron chi connectivity index (χ3n) is 3.68. The van der Waals surface area contributed by atoms with Gasteiger partial charge in [0.05, 0.1) is 7.11 Å². The molecule has 1 unspecified atom stereocenters. The minimum Gasteiger partial charge on any atom is -0.496 e.